The van der Waals surface area contributed by atoms with Gasteiger partial charge in [-0.25, -0.2) is 13.4 Å². The minimum Gasteiger partial charge on any atom is -0.497 e. The molecule has 0 saturated carbocycles. The van der Waals surface area contributed by atoms with Crippen LogP contribution in [-0.2, 0) is 9.84 Å². The molecule has 1 heterocycles. The molecule has 0 amide bonds. The fourth-order valence-corrected chi connectivity index (χ4v) is 3.50. The summed E-state index contributed by atoms with van der Waals surface area (Å²) in [6.45, 7) is 0. The van der Waals surface area contributed by atoms with Crippen LogP contribution in [0.2, 0.25) is 0 Å². The van der Waals surface area contributed by atoms with Crippen molar-refractivity contribution in [2.45, 2.75) is 4.90 Å². The first-order valence-corrected chi connectivity index (χ1v) is 9.90. The smallest absolute Gasteiger partial charge is 0.187 e. The predicted octanol–water partition coefficient (Wildman–Crippen LogP) is 3.97. The molecule has 124 valence electrons. The van der Waals surface area contributed by atoms with E-state index < -0.39 is 9.84 Å². The van der Waals surface area contributed by atoms with Gasteiger partial charge in [-0.2, -0.15) is 0 Å². The molecule has 0 spiro atoms. The van der Waals surface area contributed by atoms with Crippen molar-refractivity contribution in [2.75, 3.05) is 18.7 Å². The fourth-order valence-electron chi connectivity index (χ4n) is 2.13. The maximum atomic E-state index is 11.5. The highest BCUT2D eigenvalue weighted by Gasteiger charge is 2.09. The third kappa shape index (κ3) is 3.74. The molecule has 24 heavy (non-hydrogen) atoms. The van der Waals surface area contributed by atoms with E-state index in [1.807, 2.05) is 29.6 Å². The molecule has 0 aliphatic heterocycles. The van der Waals surface area contributed by atoms with Crippen LogP contribution in [-0.4, -0.2) is 26.8 Å². The summed E-state index contributed by atoms with van der Waals surface area (Å²) in [6, 6.07) is 14.3. The number of thiazole rings is 1. The second-order valence-corrected chi connectivity index (χ2v) is 8.06. The van der Waals surface area contributed by atoms with Gasteiger partial charge in [-0.15, -0.1) is 11.3 Å². The maximum absolute atomic E-state index is 11.5. The zero-order valence-electron chi connectivity index (χ0n) is 13.2. The summed E-state index contributed by atoms with van der Waals surface area (Å²) in [5.41, 5.74) is 2.60. The maximum Gasteiger partial charge on any atom is 0.187 e. The highest BCUT2D eigenvalue weighted by molar-refractivity contribution is 7.90. The van der Waals surface area contributed by atoms with Crippen LogP contribution in [0.3, 0.4) is 0 Å². The van der Waals surface area contributed by atoms with Crippen molar-refractivity contribution < 1.29 is 13.2 Å². The molecule has 3 aromatic rings. The van der Waals surface area contributed by atoms with E-state index in [1.54, 1.807) is 31.4 Å². The predicted molar refractivity (Wildman–Crippen MR) is 96.9 cm³/mol. The molecular formula is C17H16N2O3S2. The Balaban J connectivity index is 1.77. The van der Waals surface area contributed by atoms with Crippen molar-refractivity contribution in [3.05, 3.63) is 53.9 Å². The van der Waals surface area contributed by atoms with E-state index in [2.05, 4.69) is 10.3 Å². The standard InChI is InChI=1S/C17H16N2O3S2/c1-22-14-7-5-13(6-8-14)18-17-19-16(11-23-17)12-3-9-15(10-4-12)24(2,20)21/h3-11H,1-2H3,(H,18,19). The first-order chi connectivity index (χ1) is 11.5. The molecule has 0 radical (unpaired) electrons. The molecule has 2 aromatic carbocycles. The minimum absolute atomic E-state index is 0.304. The van der Waals surface area contributed by atoms with Crippen molar-refractivity contribution in [3.63, 3.8) is 0 Å². The van der Waals surface area contributed by atoms with Crippen LogP contribution in [0.1, 0.15) is 0 Å². The summed E-state index contributed by atoms with van der Waals surface area (Å²) in [5, 5.41) is 5.93. The van der Waals surface area contributed by atoms with E-state index >= 15 is 0 Å². The molecule has 0 aliphatic carbocycles. The summed E-state index contributed by atoms with van der Waals surface area (Å²) in [5.74, 6) is 0.798. The van der Waals surface area contributed by atoms with Gasteiger partial charge in [-0.05, 0) is 36.4 Å². The molecule has 0 unspecified atom stereocenters. The van der Waals surface area contributed by atoms with Crippen LogP contribution >= 0.6 is 11.3 Å². The number of benzene rings is 2. The van der Waals surface area contributed by atoms with Gasteiger partial charge in [-0.1, -0.05) is 12.1 Å². The lowest BCUT2D eigenvalue weighted by Gasteiger charge is -2.04. The summed E-state index contributed by atoms with van der Waals surface area (Å²) >= 11 is 1.49. The summed E-state index contributed by atoms with van der Waals surface area (Å²) in [4.78, 5) is 4.84. The Morgan fingerprint density at radius 1 is 1.04 bits per heavy atom. The van der Waals surface area contributed by atoms with E-state index in [0.717, 1.165) is 27.8 Å². The Labute approximate surface area is 144 Å². The van der Waals surface area contributed by atoms with Crippen molar-refractivity contribution in [2.24, 2.45) is 0 Å². The van der Waals surface area contributed by atoms with Gasteiger partial charge >= 0.3 is 0 Å². The minimum atomic E-state index is -3.18. The number of rotatable bonds is 5. The Kier molecular flexibility index (Phi) is 4.55. The molecule has 0 aliphatic rings. The Morgan fingerprint density at radius 2 is 1.71 bits per heavy atom. The molecule has 1 N–H and O–H groups in total. The molecule has 3 rings (SSSR count). The van der Waals surface area contributed by atoms with Gasteiger partial charge in [0.05, 0.1) is 17.7 Å². The van der Waals surface area contributed by atoms with Crippen LogP contribution in [0.4, 0.5) is 10.8 Å². The highest BCUT2D eigenvalue weighted by atomic mass is 32.2. The average molecular weight is 360 g/mol. The van der Waals surface area contributed by atoms with E-state index in [-0.39, 0.29) is 0 Å². The fraction of sp³-hybridized carbons (Fsp3) is 0.118. The zero-order valence-corrected chi connectivity index (χ0v) is 14.8. The average Bonchev–Trinajstić information content (AvgIpc) is 3.03. The topological polar surface area (TPSA) is 68.3 Å². The van der Waals surface area contributed by atoms with Gasteiger partial charge in [0.15, 0.2) is 15.0 Å². The van der Waals surface area contributed by atoms with Crippen LogP contribution in [0, 0.1) is 0 Å². The quantitative estimate of drug-likeness (QED) is 0.746. The molecule has 1 aromatic heterocycles. The lowest BCUT2D eigenvalue weighted by Crippen LogP contribution is -1.96. The summed E-state index contributed by atoms with van der Waals surface area (Å²) in [7, 11) is -1.55. The van der Waals surface area contributed by atoms with Crippen molar-refractivity contribution in [3.8, 4) is 17.0 Å². The van der Waals surface area contributed by atoms with Crippen LogP contribution in [0.25, 0.3) is 11.3 Å². The van der Waals surface area contributed by atoms with Gasteiger partial charge in [0.2, 0.25) is 0 Å². The van der Waals surface area contributed by atoms with Crippen molar-refractivity contribution in [1.29, 1.82) is 0 Å². The number of aromatic nitrogens is 1. The number of nitrogens with zero attached hydrogens (tertiary/aromatic N) is 1. The Bertz CT molecular complexity index is 931. The second-order valence-electron chi connectivity index (χ2n) is 5.19. The first kappa shape index (κ1) is 16.5. The normalized spacial score (nSPS) is 11.2. The number of hydrogen-bond donors (Lipinski definition) is 1. The van der Waals surface area contributed by atoms with Gasteiger partial charge < -0.3 is 10.1 Å². The van der Waals surface area contributed by atoms with E-state index in [1.165, 1.54) is 17.6 Å². The Hall–Kier alpha value is -2.38. The molecule has 0 atom stereocenters. The summed E-state index contributed by atoms with van der Waals surface area (Å²) in [6.07, 6.45) is 1.20. The van der Waals surface area contributed by atoms with Crippen LogP contribution in [0.15, 0.2) is 58.8 Å². The second kappa shape index (κ2) is 6.62. The number of methoxy groups -OCH3 is 1. The summed E-state index contributed by atoms with van der Waals surface area (Å²) < 4.78 is 28.1. The van der Waals surface area contributed by atoms with Gasteiger partial charge in [-0.3, -0.25) is 0 Å². The molecule has 7 heteroatoms. The van der Waals surface area contributed by atoms with Gasteiger partial charge in [0.25, 0.3) is 0 Å². The monoisotopic (exact) mass is 360 g/mol. The van der Waals surface area contributed by atoms with Gasteiger partial charge in [0, 0.05) is 22.9 Å². The van der Waals surface area contributed by atoms with Crippen LogP contribution < -0.4 is 10.1 Å². The SMILES string of the molecule is COc1ccc(Nc2nc(-c3ccc(S(C)(=O)=O)cc3)cs2)cc1. The lowest BCUT2D eigenvalue weighted by molar-refractivity contribution is 0.415. The van der Waals surface area contributed by atoms with Crippen LogP contribution in [0.5, 0.6) is 5.75 Å². The Morgan fingerprint density at radius 3 is 2.29 bits per heavy atom. The van der Waals surface area contributed by atoms with Crippen molar-refractivity contribution in [1.82, 2.24) is 4.98 Å². The number of hydrogen-bond acceptors (Lipinski definition) is 6. The third-order valence-corrected chi connectivity index (χ3v) is 5.31. The highest BCUT2D eigenvalue weighted by Crippen LogP contribution is 2.28. The van der Waals surface area contributed by atoms with Crippen molar-refractivity contribution >= 4 is 32.0 Å². The number of nitrogens with one attached hydrogen (secondary N) is 1. The zero-order chi connectivity index (χ0) is 17.2. The first-order valence-electron chi connectivity index (χ1n) is 7.13. The number of sulfone groups is 1. The molecule has 0 fully saturated rings. The number of anilines is 2. The van der Waals surface area contributed by atoms with Gasteiger partial charge in [0.1, 0.15) is 5.75 Å². The largest absolute Gasteiger partial charge is 0.497 e. The molecule has 0 saturated heterocycles. The molecule has 0 bridgehead atoms. The van der Waals surface area contributed by atoms with E-state index in [0.29, 0.717) is 4.90 Å². The lowest BCUT2D eigenvalue weighted by atomic mass is 10.2. The van der Waals surface area contributed by atoms with E-state index in [9.17, 15) is 8.42 Å². The third-order valence-electron chi connectivity index (χ3n) is 3.42. The molecular weight excluding hydrogens is 344 g/mol. The van der Waals surface area contributed by atoms with E-state index in [4.69, 9.17) is 4.74 Å². The molecule has 5 nitrogen and oxygen atoms in total. The number of ether oxygens (including phenoxy) is 1.